The SMILES string of the molecule is COCc1cc(Nc2cc(C)n(C)n2)n2ncnc2n1. The lowest BCUT2D eigenvalue weighted by Gasteiger charge is -2.07. The van der Waals surface area contributed by atoms with Crippen LogP contribution in [0.4, 0.5) is 11.6 Å². The molecular formula is C12H15N7O. The van der Waals surface area contributed by atoms with Gasteiger partial charge in [0.25, 0.3) is 5.78 Å². The Kier molecular flexibility index (Phi) is 3.07. The second-order valence-corrected chi connectivity index (χ2v) is 4.46. The molecule has 3 heterocycles. The molecular weight excluding hydrogens is 258 g/mol. The van der Waals surface area contributed by atoms with E-state index in [2.05, 4.69) is 25.5 Å². The van der Waals surface area contributed by atoms with E-state index >= 15 is 0 Å². The monoisotopic (exact) mass is 273 g/mol. The summed E-state index contributed by atoms with van der Waals surface area (Å²) < 4.78 is 8.55. The third-order valence-corrected chi connectivity index (χ3v) is 2.97. The molecule has 1 N–H and O–H groups in total. The van der Waals surface area contributed by atoms with Gasteiger partial charge in [0.2, 0.25) is 0 Å². The van der Waals surface area contributed by atoms with Gasteiger partial charge in [-0.25, -0.2) is 4.98 Å². The van der Waals surface area contributed by atoms with Gasteiger partial charge in [-0.15, -0.1) is 0 Å². The summed E-state index contributed by atoms with van der Waals surface area (Å²) in [6.45, 7) is 2.41. The summed E-state index contributed by atoms with van der Waals surface area (Å²) in [5.41, 5.74) is 1.84. The number of aromatic nitrogens is 6. The standard InChI is InChI=1S/C12H15N7O/c1-8-4-10(17-18(8)2)16-11-5-9(6-20-3)15-12-13-7-14-19(11)12/h4-5,7H,6H2,1-3H3,(H,16,17). The summed E-state index contributed by atoms with van der Waals surface area (Å²) in [6, 6.07) is 3.83. The van der Waals surface area contributed by atoms with Crippen molar-refractivity contribution in [1.29, 1.82) is 0 Å². The third-order valence-electron chi connectivity index (χ3n) is 2.97. The zero-order valence-electron chi connectivity index (χ0n) is 11.5. The van der Waals surface area contributed by atoms with Crippen molar-refractivity contribution in [3.8, 4) is 0 Å². The van der Waals surface area contributed by atoms with E-state index in [9.17, 15) is 0 Å². The molecule has 0 amide bonds. The van der Waals surface area contributed by atoms with Gasteiger partial charge >= 0.3 is 0 Å². The van der Waals surface area contributed by atoms with Gasteiger partial charge < -0.3 is 10.1 Å². The fraction of sp³-hybridized carbons (Fsp3) is 0.333. The number of fused-ring (bicyclic) bond motifs is 1. The number of rotatable bonds is 4. The smallest absolute Gasteiger partial charge is 0.254 e. The zero-order chi connectivity index (χ0) is 14.1. The van der Waals surface area contributed by atoms with E-state index in [1.807, 2.05) is 26.1 Å². The van der Waals surface area contributed by atoms with Crippen LogP contribution in [-0.2, 0) is 18.4 Å². The molecule has 0 aliphatic heterocycles. The van der Waals surface area contributed by atoms with Gasteiger partial charge in [0.1, 0.15) is 12.1 Å². The minimum atomic E-state index is 0.416. The maximum atomic E-state index is 5.11. The highest BCUT2D eigenvalue weighted by Crippen LogP contribution is 2.17. The topological polar surface area (TPSA) is 82.2 Å². The number of anilines is 2. The van der Waals surface area contributed by atoms with Crippen LogP contribution in [0.2, 0.25) is 0 Å². The van der Waals surface area contributed by atoms with Gasteiger partial charge in [0.05, 0.1) is 12.3 Å². The second-order valence-electron chi connectivity index (χ2n) is 4.46. The number of aryl methyl sites for hydroxylation is 2. The van der Waals surface area contributed by atoms with Crippen molar-refractivity contribution in [1.82, 2.24) is 29.4 Å². The maximum absolute atomic E-state index is 5.11. The lowest BCUT2D eigenvalue weighted by molar-refractivity contribution is 0.181. The molecule has 3 rings (SSSR count). The molecule has 0 unspecified atom stereocenters. The average Bonchev–Trinajstić information content (AvgIpc) is 2.98. The van der Waals surface area contributed by atoms with Crippen LogP contribution in [0.5, 0.6) is 0 Å². The van der Waals surface area contributed by atoms with Crippen molar-refractivity contribution in [3.05, 3.63) is 29.8 Å². The normalized spacial score (nSPS) is 11.2. The quantitative estimate of drug-likeness (QED) is 0.765. The van der Waals surface area contributed by atoms with Gasteiger partial charge in [-0.1, -0.05) is 0 Å². The molecule has 20 heavy (non-hydrogen) atoms. The summed E-state index contributed by atoms with van der Waals surface area (Å²) in [5, 5.41) is 11.7. The van der Waals surface area contributed by atoms with Crippen LogP contribution < -0.4 is 5.32 Å². The van der Waals surface area contributed by atoms with Crippen LogP contribution >= 0.6 is 0 Å². The summed E-state index contributed by atoms with van der Waals surface area (Å²) in [4.78, 5) is 8.45. The largest absolute Gasteiger partial charge is 0.378 e. The first kappa shape index (κ1) is 12.5. The number of nitrogens with zero attached hydrogens (tertiary/aromatic N) is 6. The molecule has 0 spiro atoms. The Bertz CT molecular complexity index is 726. The zero-order valence-corrected chi connectivity index (χ0v) is 11.5. The average molecular weight is 273 g/mol. The van der Waals surface area contributed by atoms with E-state index < -0.39 is 0 Å². The van der Waals surface area contributed by atoms with Crippen molar-refractivity contribution < 1.29 is 4.74 Å². The maximum Gasteiger partial charge on any atom is 0.254 e. The first-order valence-electron chi connectivity index (χ1n) is 6.13. The highest BCUT2D eigenvalue weighted by atomic mass is 16.5. The van der Waals surface area contributed by atoms with Crippen molar-refractivity contribution in [2.75, 3.05) is 12.4 Å². The molecule has 3 aromatic heterocycles. The molecule has 0 saturated heterocycles. The van der Waals surface area contributed by atoms with E-state index in [4.69, 9.17) is 4.74 Å². The fourth-order valence-corrected chi connectivity index (χ4v) is 1.93. The number of hydrogen-bond donors (Lipinski definition) is 1. The molecule has 0 aliphatic carbocycles. The van der Waals surface area contributed by atoms with E-state index in [0.29, 0.717) is 12.4 Å². The lowest BCUT2D eigenvalue weighted by atomic mass is 10.4. The summed E-state index contributed by atoms with van der Waals surface area (Å²) in [7, 11) is 3.53. The van der Waals surface area contributed by atoms with E-state index in [1.54, 1.807) is 16.3 Å². The van der Waals surface area contributed by atoms with Crippen LogP contribution in [0, 0.1) is 6.92 Å². The first-order valence-corrected chi connectivity index (χ1v) is 6.13. The minimum absolute atomic E-state index is 0.416. The Hall–Kier alpha value is -2.48. The van der Waals surface area contributed by atoms with Crippen LogP contribution in [0.1, 0.15) is 11.4 Å². The Morgan fingerprint density at radius 3 is 2.90 bits per heavy atom. The molecule has 0 fully saturated rings. The van der Waals surface area contributed by atoms with Crippen molar-refractivity contribution >= 4 is 17.4 Å². The minimum Gasteiger partial charge on any atom is -0.378 e. The molecule has 0 aliphatic rings. The Morgan fingerprint density at radius 2 is 2.20 bits per heavy atom. The first-order chi connectivity index (χ1) is 9.67. The fourth-order valence-electron chi connectivity index (χ4n) is 1.93. The molecule has 8 heteroatoms. The Labute approximate surface area is 115 Å². The predicted molar refractivity (Wildman–Crippen MR) is 72.7 cm³/mol. The number of nitrogens with one attached hydrogen (secondary N) is 1. The molecule has 0 aromatic carbocycles. The predicted octanol–water partition coefficient (Wildman–Crippen LogP) is 1.06. The van der Waals surface area contributed by atoms with Crippen LogP contribution in [0.15, 0.2) is 18.5 Å². The van der Waals surface area contributed by atoms with Gasteiger partial charge in [-0.2, -0.15) is 19.7 Å². The Balaban J connectivity index is 2.02. The van der Waals surface area contributed by atoms with Crippen LogP contribution in [-0.4, -0.2) is 36.5 Å². The van der Waals surface area contributed by atoms with E-state index in [1.165, 1.54) is 6.33 Å². The second kappa shape index (κ2) is 4.89. The van der Waals surface area contributed by atoms with Gasteiger partial charge in [-0.05, 0) is 6.92 Å². The molecule has 0 saturated carbocycles. The number of ether oxygens (including phenoxy) is 1. The molecule has 0 atom stereocenters. The van der Waals surface area contributed by atoms with Gasteiger partial charge in [0.15, 0.2) is 5.82 Å². The van der Waals surface area contributed by atoms with Crippen LogP contribution in [0.3, 0.4) is 0 Å². The lowest BCUT2D eigenvalue weighted by Crippen LogP contribution is -2.05. The van der Waals surface area contributed by atoms with Crippen molar-refractivity contribution in [2.45, 2.75) is 13.5 Å². The van der Waals surface area contributed by atoms with Crippen molar-refractivity contribution in [3.63, 3.8) is 0 Å². The molecule has 8 nitrogen and oxygen atoms in total. The Morgan fingerprint density at radius 1 is 1.35 bits per heavy atom. The molecule has 104 valence electrons. The number of methoxy groups -OCH3 is 1. The molecule has 3 aromatic rings. The van der Waals surface area contributed by atoms with E-state index in [-0.39, 0.29) is 0 Å². The van der Waals surface area contributed by atoms with Crippen molar-refractivity contribution in [2.24, 2.45) is 7.05 Å². The summed E-state index contributed by atoms with van der Waals surface area (Å²) >= 11 is 0. The summed E-state index contributed by atoms with van der Waals surface area (Å²) in [5.74, 6) is 2.02. The van der Waals surface area contributed by atoms with Crippen LogP contribution in [0.25, 0.3) is 5.78 Å². The molecule has 0 radical (unpaired) electrons. The third kappa shape index (κ3) is 2.21. The molecule has 0 bridgehead atoms. The number of hydrogen-bond acceptors (Lipinski definition) is 6. The highest BCUT2D eigenvalue weighted by molar-refractivity contribution is 5.55. The van der Waals surface area contributed by atoms with Gasteiger partial charge in [0, 0.05) is 32.0 Å². The van der Waals surface area contributed by atoms with E-state index in [0.717, 1.165) is 23.0 Å². The van der Waals surface area contributed by atoms with Gasteiger partial charge in [-0.3, -0.25) is 4.68 Å². The highest BCUT2D eigenvalue weighted by Gasteiger charge is 2.09. The summed E-state index contributed by atoms with van der Waals surface area (Å²) in [6.07, 6.45) is 1.47.